The molecule has 0 nitrogen and oxygen atoms in total. The minimum atomic E-state index is -6.00. The Kier molecular flexibility index (Phi) is 20.1. The fourth-order valence-electron chi connectivity index (χ4n) is 0.415. The van der Waals surface area contributed by atoms with E-state index in [4.69, 9.17) is 11.6 Å². The second kappa shape index (κ2) is 14.8. The van der Waals surface area contributed by atoms with Gasteiger partial charge in [-0.05, 0) is 12.1 Å². The SMILES string of the molecule is Clc1ccccc1.F[B-](F)(F)F.F[B-](F)(F)F.F[B-](F)(F)F.[KH]. The summed E-state index contributed by atoms with van der Waals surface area (Å²) in [6.07, 6.45) is 0. The summed E-state index contributed by atoms with van der Waals surface area (Å²) in [5, 5.41) is 0.794. The minimum absolute atomic E-state index is 0. The molecule has 0 bridgehead atoms. The van der Waals surface area contributed by atoms with Crippen LogP contribution in [0.5, 0.6) is 0 Å². The van der Waals surface area contributed by atoms with E-state index in [-0.39, 0.29) is 51.4 Å². The van der Waals surface area contributed by atoms with E-state index in [1.165, 1.54) is 0 Å². The van der Waals surface area contributed by atoms with E-state index >= 15 is 0 Å². The fourth-order valence-corrected chi connectivity index (χ4v) is 0.560. The first-order valence-corrected chi connectivity index (χ1v) is 5.10. The molecule has 0 aliphatic heterocycles. The maximum absolute atomic E-state index is 9.75. The number of hydrogen-bond acceptors (Lipinski definition) is 0. The van der Waals surface area contributed by atoms with Crippen LogP contribution in [0.4, 0.5) is 51.8 Å². The van der Waals surface area contributed by atoms with Crippen molar-refractivity contribution < 1.29 is 51.8 Å². The van der Waals surface area contributed by atoms with Crippen molar-refractivity contribution >= 4 is 84.7 Å². The van der Waals surface area contributed by atoms with E-state index in [2.05, 4.69) is 0 Å². The maximum atomic E-state index is 9.75. The number of halogens is 13. The summed E-state index contributed by atoms with van der Waals surface area (Å²) in [4.78, 5) is 0. The third-order valence-corrected chi connectivity index (χ3v) is 0.985. The molecule has 0 N–H and O–H groups in total. The van der Waals surface area contributed by atoms with Crippen molar-refractivity contribution in [3.63, 3.8) is 0 Å². The Morgan fingerprint density at radius 2 is 0.696 bits per heavy atom. The topological polar surface area (TPSA) is 0 Å². The Hall–Kier alpha value is 0.501. The fraction of sp³-hybridized carbons (Fsp3) is 0. The molecule has 0 saturated heterocycles. The van der Waals surface area contributed by atoms with Crippen molar-refractivity contribution in [1.82, 2.24) is 0 Å². The Labute approximate surface area is 170 Å². The van der Waals surface area contributed by atoms with Crippen LogP contribution in [0.3, 0.4) is 0 Å². The van der Waals surface area contributed by atoms with Gasteiger partial charge in [-0.15, -0.1) is 0 Å². The first-order chi connectivity index (χ1) is 9.39. The van der Waals surface area contributed by atoms with Crippen LogP contribution in [0.1, 0.15) is 0 Å². The predicted octanol–water partition coefficient (Wildman–Crippen LogP) is 5.59. The van der Waals surface area contributed by atoms with Crippen LogP contribution >= 0.6 is 11.6 Å². The Balaban J connectivity index is -0.000000105. The van der Waals surface area contributed by atoms with Crippen LogP contribution in [-0.4, -0.2) is 73.1 Å². The summed E-state index contributed by atoms with van der Waals surface area (Å²) in [6, 6.07) is 9.44. The van der Waals surface area contributed by atoms with Crippen LogP contribution in [0.15, 0.2) is 30.3 Å². The van der Waals surface area contributed by atoms with Crippen LogP contribution in [0.25, 0.3) is 0 Å². The zero-order valence-electron chi connectivity index (χ0n) is 10.0. The standard InChI is InChI=1S/C6H5Cl.3BF4.K.H/c7-6-4-2-1-3-5-6;3*2-1(3,4)5;;/h1-5H;;;;;/q;3*-1;;. The van der Waals surface area contributed by atoms with Gasteiger partial charge in [-0.1, -0.05) is 29.8 Å². The van der Waals surface area contributed by atoms with Gasteiger partial charge < -0.3 is 51.8 Å². The van der Waals surface area contributed by atoms with Gasteiger partial charge in [0.15, 0.2) is 0 Å². The molecule has 0 saturated carbocycles. The van der Waals surface area contributed by atoms with Gasteiger partial charge in [0.05, 0.1) is 0 Å². The molecule has 0 spiro atoms. The van der Waals surface area contributed by atoms with E-state index < -0.39 is 21.8 Å². The molecule has 134 valence electrons. The van der Waals surface area contributed by atoms with E-state index in [9.17, 15) is 51.8 Å². The third-order valence-electron chi connectivity index (χ3n) is 0.733. The van der Waals surface area contributed by atoms with Gasteiger partial charge in [-0.25, -0.2) is 0 Å². The summed E-state index contributed by atoms with van der Waals surface area (Å²) < 4.78 is 117. The summed E-state index contributed by atoms with van der Waals surface area (Å²) in [6.45, 7) is 0. The van der Waals surface area contributed by atoms with Gasteiger partial charge in [0.25, 0.3) is 0 Å². The number of benzene rings is 1. The van der Waals surface area contributed by atoms with Gasteiger partial charge >= 0.3 is 73.1 Å². The normalized spacial score (nSPS) is 10.5. The summed E-state index contributed by atoms with van der Waals surface area (Å²) >= 11 is 5.54. The van der Waals surface area contributed by atoms with E-state index in [1.807, 2.05) is 30.3 Å². The molecule has 0 fully saturated rings. The van der Waals surface area contributed by atoms with Crippen LogP contribution in [0, 0.1) is 0 Å². The van der Waals surface area contributed by atoms with E-state index in [1.54, 1.807) is 0 Å². The molecule has 0 heterocycles. The van der Waals surface area contributed by atoms with Gasteiger partial charge in [-0.2, -0.15) is 0 Å². The van der Waals surface area contributed by atoms with Gasteiger partial charge in [0, 0.05) is 5.02 Å². The first kappa shape index (κ1) is 31.3. The molecule has 0 aliphatic rings. The predicted molar refractivity (Wildman–Crippen MR) is 69.2 cm³/mol. The van der Waals surface area contributed by atoms with Crippen LogP contribution in [0.2, 0.25) is 5.02 Å². The third kappa shape index (κ3) is 131. The van der Waals surface area contributed by atoms with Crippen molar-refractivity contribution in [2.24, 2.45) is 0 Å². The molecule has 17 heteroatoms. The zero-order valence-corrected chi connectivity index (χ0v) is 10.8. The summed E-state index contributed by atoms with van der Waals surface area (Å²) in [7, 11) is -18.0. The first-order valence-electron chi connectivity index (χ1n) is 4.72. The average molecular weight is 413 g/mol. The molecule has 1 aromatic carbocycles. The number of hydrogen-bond donors (Lipinski definition) is 0. The molecule has 1 aromatic rings. The molecular formula is C6H6B3ClF12K-3. The van der Waals surface area contributed by atoms with Gasteiger partial charge in [0.1, 0.15) is 0 Å². The van der Waals surface area contributed by atoms with Crippen molar-refractivity contribution in [2.75, 3.05) is 0 Å². The quantitative estimate of drug-likeness (QED) is 0.384. The molecule has 0 radical (unpaired) electrons. The van der Waals surface area contributed by atoms with Crippen LogP contribution < -0.4 is 0 Å². The Bertz CT molecular complexity index is 319. The van der Waals surface area contributed by atoms with Crippen molar-refractivity contribution in [1.29, 1.82) is 0 Å². The molecule has 0 aromatic heterocycles. The van der Waals surface area contributed by atoms with Crippen molar-refractivity contribution in [3.05, 3.63) is 35.4 Å². The Morgan fingerprint density at radius 3 is 0.783 bits per heavy atom. The molecule has 0 atom stereocenters. The van der Waals surface area contributed by atoms with Crippen molar-refractivity contribution in [3.8, 4) is 0 Å². The second-order valence-corrected chi connectivity index (χ2v) is 3.22. The Morgan fingerprint density at radius 1 is 0.522 bits per heavy atom. The molecule has 0 unspecified atom stereocenters. The summed E-state index contributed by atoms with van der Waals surface area (Å²) in [5.41, 5.74) is 0. The molecule has 23 heavy (non-hydrogen) atoms. The monoisotopic (exact) mass is 413 g/mol. The summed E-state index contributed by atoms with van der Waals surface area (Å²) in [5.74, 6) is 0. The van der Waals surface area contributed by atoms with E-state index in [0.29, 0.717) is 0 Å². The zero-order chi connectivity index (χ0) is 18.6. The van der Waals surface area contributed by atoms with E-state index in [0.717, 1.165) is 5.02 Å². The average Bonchev–Trinajstić information content (AvgIpc) is 2.09. The molecule has 0 aliphatic carbocycles. The molecule has 0 amide bonds. The van der Waals surface area contributed by atoms with Crippen LogP contribution in [-0.2, 0) is 0 Å². The van der Waals surface area contributed by atoms with Gasteiger partial charge in [-0.3, -0.25) is 0 Å². The molecular weight excluding hydrogens is 407 g/mol. The van der Waals surface area contributed by atoms with Gasteiger partial charge in [0.2, 0.25) is 0 Å². The number of rotatable bonds is 0. The second-order valence-electron chi connectivity index (χ2n) is 2.78. The van der Waals surface area contributed by atoms with Crippen molar-refractivity contribution in [2.45, 2.75) is 0 Å². The molecule has 1 rings (SSSR count).